The first-order chi connectivity index (χ1) is 7.36. The molecule has 6 heteroatoms. The van der Waals surface area contributed by atoms with Crippen LogP contribution in [0.5, 0.6) is 0 Å². The number of hydrogen-bond donors (Lipinski definition) is 1. The van der Waals surface area contributed by atoms with Crippen molar-refractivity contribution in [1.29, 1.82) is 0 Å². The van der Waals surface area contributed by atoms with E-state index in [1.54, 1.807) is 0 Å². The predicted molar refractivity (Wildman–Crippen MR) is 57.0 cm³/mol. The maximum Gasteiger partial charge on any atom is 0.321 e. The number of nitrogens with one attached hydrogen (secondary N) is 1. The van der Waals surface area contributed by atoms with Crippen LogP contribution < -0.4 is 5.48 Å². The summed E-state index contributed by atoms with van der Waals surface area (Å²) in [5.41, 5.74) is 2.62. The summed E-state index contributed by atoms with van der Waals surface area (Å²) in [7, 11) is 0. The van der Waals surface area contributed by atoms with Crippen LogP contribution in [-0.2, 0) is 19.2 Å². The zero-order valence-corrected chi connectivity index (χ0v) is 9.70. The largest absolute Gasteiger partial charge is 0.371 e. The Labute approximate surface area is 94.2 Å². The van der Waals surface area contributed by atoms with Crippen molar-refractivity contribution in [2.24, 2.45) is 0 Å². The van der Waals surface area contributed by atoms with Gasteiger partial charge in [0.15, 0.2) is 0 Å². The normalized spacial score (nSPS) is 9.44. The summed E-state index contributed by atoms with van der Waals surface area (Å²) in [4.78, 5) is 38.5. The molecular weight excluding hydrogens is 212 g/mol. The minimum absolute atomic E-state index is 0.119. The summed E-state index contributed by atoms with van der Waals surface area (Å²) in [5, 5.41) is 0. The first kappa shape index (κ1) is 14.3. The van der Waals surface area contributed by atoms with E-state index in [1.165, 1.54) is 20.8 Å². The van der Waals surface area contributed by atoms with Crippen molar-refractivity contribution in [1.82, 2.24) is 10.4 Å². The first-order valence-electron chi connectivity index (χ1n) is 4.74. The highest BCUT2D eigenvalue weighted by Gasteiger charge is 2.17. The molecule has 0 aromatic carbocycles. The van der Waals surface area contributed by atoms with Gasteiger partial charge in [-0.1, -0.05) is 6.58 Å². The SMILES string of the molecule is C=C(C)C(=O)N(CCNOC(C)=O)C(C)=O. The molecule has 1 N–H and O–H groups in total. The summed E-state index contributed by atoms with van der Waals surface area (Å²) in [6, 6.07) is 0. The quantitative estimate of drug-likeness (QED) is 0.407. The van der Waals surface area contributed by atoms with Gasteiger partial charge in [-0.05, 0) is 6.92 Å². The van der Waals surface area contributed by atoms with Crippen molar-refractivity contribution in [3.8, 4) is 0 Å². The Bertz CT molecular complexity index is 312. The van der Waals surface area contributed by atoms with Crippen molar-refractivity contribution < 1.29 is 19.2 Å². The Balaban J connectivity index is 4.16. The lowest BCUT2D eigenvalue weighted by Gasteiger charge is -2.18. The van der Waals surface area contributed by atoms with Gasteiger partial charge in [0.1, 0.15) is 0 Å². The molecule has 0 atom stereocenters. The number of hydroxylamine groups is 1. The first-order valence-corrected chi connectivity index (χ1v) is 4.74. The molecule has 0 aromatic rings. The Kier molecular flexibility index (Phi) is 6.02. The van der Waals surface area contributed by atoms with E-state index in [-0.39, 0.29) is 24.6 Å². The number of nitrogens with zero attached hydrogens (tertiary/aromatic N) is 1. The molecule has 0 bridgehead atoms. The standard InChI is InChI=1S/C10H16N2O4/c1-7(2)10(15)12(8(3)13)6-5-11-16-9(4)14/h11H,1,5-6H2,2-4H3. The number of rotatable bonds is 5. The minimum Gasteiger partial charge on any atom is -0.371 e. The van der Waals surface area contributed by atoms with Crippen LogP contribution in [0.2, 0.25) is 0 Å². The second kappa shape index (κ2) is 6.73. The summed E-state index contributed by atoms with van der Waals surface area (Å²) >= 11 is 0. The maximum absolute atomic E-state index is 11.5. The Hall–Kier alpha value is -1.69. The van der Waals surface area contributed by atoms with Gasteiger partial charge in [-0.3, -0.25) is 19.3 Å². The van der Waals surface area contributed by atoms with Gasteiger partial charge in [0.05, 0.1) is 6.54 Å². The smallest absolute Gasteiger partial charge is 0.321 e. The van der Waals surface area contributed by atoms with Crippen LogP contribution >= 0.6 is 0 Å². The molecule has 2 amide bonds. The maximum atomic E-state index is 11.5. The van der Waals surface area contributed by atoms with Gasteiger partial charge in [-0.25, -0.2) is 0 Å². The molecule has 0 rings (SSSR count). The molecule has 0 saturated carbocycles. The van der Waals surface area contributed by atoms with E-state index in [1.807, 2.05) is 0 Å². The van der Waals surface area contributed by atoms with Crippen LogP contribution in [0.25, 0.3) is 0 Å². The molecular formula is C10H16N2O4. The third kappa shape index (κ3) is 5.26. The number of imide groups is 1. The van der Waals surface area contributed by atoms with Crippen LogP contribution in [0.3, 0.4) is 0 Å². The lowest BCUT2D eigenvalue weighted by molar-refractivity contribution is -0.148. The highest BCUT2D eigenvalue weighted by Crippen LogP contribution is 1.98. The number of hydrogen-bond acceptors (Lipinski definition) is 5. The highest BCUT2D eigenvalue weighted by molar-refractivity contribution is 6.02. The lowest BCUT2D eigenvalue weighted by atomic mass is 10.3. The zero-order valence-electron chi connectivity index (χ0n) is 9.70. The average molecular weight is 228 g/mol. The van der Waals surface area contributed by atoms with E-state index in [0.29, 0.717) is 0 Å². The Morgan fingerprint density at radius 1 is 1.25 bits per heavy atom. The monoisotopic (exact) mass is 228 g/mol. The zero-order chi connectivity index (χ0) is 12.7. The molecule has 0 aliphatic rings. The molecule has 0 aliphatic heterocycles. The van der Waals surface area contributed by atoms with Gasteiger partial charge in [0.2, 0.25) is 5.91 Å². The van der Waals surface area contributed by atoms with E-state index in [0.717, 1.165) is 4.90 Å². The molecule has 0 fully saturated rings. The summed E-state index contributed by atoms with van der Waals surface area (Å²) in [5.74, 6) is -1.30. The van der Waals surface area contributed by atoms with Crippen LogP contribution in [0, 0.1) is 0 Å². The summed E-state index contributed by atoms with van der Waals surface area (Å²) in [6.45, 7) is 7.82. The number of carbonyl (C=O) groups excluding carboxylic acids is 3. The molecule has 0 radical (unpaired) electrons. The Morgan fingerprint density at radius 3 is 2.19 bits per heavy atom. The van der Waals surface area contributed by atoms with Gasteiger partial charge < -0.3 is 4.84 Å². The van der Waals surface area contributed by atoms with Crippen LogP contribution in [0.15, 0.2) is 12.2 Å². The van der Waals surface area contributed by atoms with Crippen LogP contribution in [0.1, 0.15) is 20.8 Å². The second-order valence-electron chi connectivity index (χ2n) is 3.24. The molecule has 90 valence electrons. The van der Waals surface area contributed by atoms with E-state index >= 15 is 0 Å². The molecule has 6 nitrogen and oxygen atoms in total. The average Bonchev–Trinajstić information content (AvgIpc) is 2.15. The fourth-order valence-corrected chi connectivity index (χ4v) is 0.942. The second-order valence-corrected chi connectivity index (χ2v) is 3.24. The van der Waals surface area contributed by atoms with Crippen molar-refractivity contribution in [3.63, 3.8) is 0 Å². The van der Waals surface area contributed by atoms with E-state index in [9.17, 15) is 14.4 Å². The van der Waals surface area contributed by atoms with Gasteiger partial charge in [-0.2, -0.15) is 5.48 Å². The van der Waals surface area contributed by atoms with Gasteiger partial charge in [-0.15, -0.1) is 0 Å². The van der Waals surface area contributed by atoms with Crippen LogP contribution in [0.4, 0.5) is 0 Å². The Morgan fingerprint density at radius 2 is 1.81 bits per heavy atom. The molecule has 0 heterocycles. The molecule has 0 spiro atoms. The van der Waals surface area contributed by atoms with Crippen molar-refractivity contribution in [2.75, 3.05) is 13.1 Å². The molecule has 0 aliphatic carbocycles. The lowest BCUT2D eigenvalue weighted by Crippen LogP contribution is -2.40. The molecule has 0 unspecified atom stereocenters. The molecule has 0 aromatic heterocycles. The van der Waals surface area contributed by atoms with Gasteiger partial charge in [0, 0.05) is 26.0 Å². The van der Waals surface area contributed by atoms with Crippen molar-refractivity contribution in [2.45, 2.75) is 20.8 Å². The van der Waals surface area contributed by atoms with E-state index in [2.05, 4.69) is 16.9 Å². The molecule has 16 heavy (non-hydrogen) atoms. The fraction of sp³-hybridized carbons (Fsp3) is 0.500. The minimum atomic E-state index is -0.486. The van der Waals surface area contributed by atoms with E-state index in [4.69, 9.17) is 0 Å². The topological polar surface area (TPSA) is 75.7 Å². The third-order valence-electron chi connectivity index (χ3n) is 1.64. The van der Waals surface area contributed by atoms with Gasteiger partial charge >= 0.3 is 5.97 Å². The summed E-state index contributed by atoms with van der Waals surface area (Å²) in [6.07, 6.45) is 0. The fourth-order valence-electron chi connectivity index (χ4n) is 0.942. The van der Waals surface area contributed by atoms with Gasteiger partial charge in [0.25, 0.3) is 5.91 Å². The van der Waals surface area contributed by atoms with E-state index < -0.39 is 11.9 Å². The summed E-state index contributed by atoms with van der Waals surface area (Å²) < 4.78 is 0. The number of amides is 2. The highest BCUT2D eigenvalue weighted by atomic mass is 16.7. The number of carbonyl (C=O) groups is 3. The van der Waals surface area contributed by atoms with Crippen LogP contribution in [-0.4, -0.2) is 35.8 Å². The third-order valence-corrected chi connectivity index (χ3v) is 1.64. The molecule has 0 saturated heterocycles. The van der Waals surface area contributed by atoms with Crippen molar-refractivity contribution >= 4 is 17.8 Å². The van der Waals surface area contributed by atoms with Crippen molar-refractivity contribution in [3.05, 3.63) is 12.2 Å². The predicted octanol–water partition coefficient (Wildman–Crippen LogP) is 0.00530.